The van der Waals surface area contributed by atoms with Crippen LogP contribution in [0.2, 0.25) is 0 Å². The lowest BCUT2D eigenvalue weighted by atomic mass is 9.98. The predicted octanol–water partition coefficient (Wildman–Crippen LogP) is 2.97. The number of phenolic OH excluding ortho intramolecular Hbond substituents is 4. The van der Waals surface area contributed by atoms with Crippen LogP contribution in [0.3, 0.4) is 0 Å². The van der Waals surface area contributed by atoms with Crippen LogP contribution in [-0.4, -0.2) is 32.0 Å². The number of carbonyl (C=O) groups is 2. The van der Waals surface area contributed by atoms with E-state index < -0.39 is 11.5 Å². The van der Waals surface area contributed by atoms with Gasteiger partial charge < -0.3 is 20.4 Å². The maximum Gasteiger partial charge on any atom is 0.193 e. The predicted molar refractivity (Wildman–Crippen MR) is 92.9 cm³/mol. The molecule has 0 saturated heterocycles. The summed E-state index contributed by atoms with van der Waals surface area (Å²) in [4.78, 5) is 24.8. The van der Waals surface area contributed by atoms with Gasteiger partial charge in [0.1, 0.15) is 0 Å². The van der Waals surface area contributed by atoms with E-state index in [4.69, 9.17) is 0 Å². The molecule has 0 aliphatic rings. The van der Waals surface area contributed by atoms with Crippen molar-refractivity contribution in [3.8, 4) is 23.0 Å². The molecule has 6 nitrogen and oxygen atoms in total. The van der Waals surface area contributed by atoms with Crippen LogP contribution in [0.15, 0.2) is 60.7 Å². The summed E-state index contributed by atoms with van der Waals surface area (Å²) < 4.78 is 0. The number of hydrogen-bond acceptors (Lipinski definition) is 6. The van der Waals surface area contributed by atoms with Crippen molar-refractivity contribution in [3.05, 3.63) is 82.9 Å². The van der Waals surface area contributed by atoms with Gasteiger partial charge in [0.25, 0.3) is 0 Å². The zero-order chi connectivity index (χ0) is 18.8. The summed E-state index contributed by atoms with van der Waals surface area (Å²) in [6.45, 7) is 0. The van der Waals surface area contributed by atoms with Gasteiger partial charge in [-0.3, -0.25) is 9.59 Å². The first kappa shape index (κ1) is 17.0. The standard InChI is InChI=1S/C20H14O6/c21-15-7-5-13(9-17(15)23)19(25)11-1-2-12(4-3-11)20(26)14-6-8-16(22)18(24)10-14/h1-10,21-24H. The Kier molecular flexibility index (Phi) is 4.33. The molecule has 0 radical (unpaired) electrons. The van der Waals surface area contributed by atoms with Crippen LogP contribution in [-0.2, 0) is 0 Å². The number of hydrogen-bond donors (Lipinski definition) is 4. The van der Waals surface area contributed by atoms with E-state index in [1.165, 1.54) is 48.5 Å². The van der Waals surface area contributed by atoms with Gasteiger partial charge in [-0.2, -0.15) is 0 Å². The second kappa shape index (κ2) is 6.60. The number of carbonyl (C=O) groups excluding carboxylic acids is 2. The van der Waals surface area contributed by atoms with E-state index >= 15 is 0 Å². The summed E-state index contributed by atoms with van der Waals surface area (Å²) in [6.07, 6.45) is 0. The number of rotatable bonds is 4. The van der Waals surface area contributed by atoms with Gasteiger partial charge in [0, 0.05) is 22.3 Å². The molecule has 0 saturated carbocycles. The second-order valence-corrected chi connectivity index (χ2v) is 5.64. The van der Waals surface area contributed by atoms with Gasteiger partial charge in [0.15, 0.2) is 34.6 Å². The zero-order valence-corrected chi connectivity index (χ0v) is 13.4. The van der Waals surface area contributed by atoms with Crippen molar-refractivity contribution < 1.29 is 30.0 Å². The smallest absolute Gasteiger partial charge is 0.193 e. The molecule has 6 heteroatoms. The second-order valence-electron chi connectivity index (χ2n) is 5.64. The Balaban J connectivity index is 1.85. The molecule has 26 heavy (non-hydrogen) atoms. The van der Waals surface area contributed by atoms with Crippen LogP contribution in [0.1, 0.15) is 31.8 Å². The fraction of sp³-hybridized carbons (Fsp3) is 0. The third kappa shape index (κ3) is 3.21. The summed E-state index contributed by atoms with van der Waals surface area (Å²) in [7, 11) is 0. The topological polar surface area (TPSA) is 115 Å². The fourth-order valence-corrected chi connectivity index (χ4v) is 2.44. The Labute approximate surface area is 148 Å². The highest BCUT2D eigenvalue weighted by atomic mass is 16.3. The number of aromatic hydroxyl groups is 4. The average Bonchev–Trinajstić information content (AvgIpc) is 2.65. The minimum atomic E-state index is -0.394. The van der Waals surface area contributed by atoms with Crippen LogP contribution in [0.4, 0.5) is 0 Å². The molecular weight excluding hydrogens is 336 g/mol. The maximum absolute atomic E-state index is 12.4. The van der Waals surface area contributed by atoms with E-state index in [-0.39, 0.29) is 34.2 Å². The molecule has 0 bridgehead atoms. The van der Waals surface area contributed by atoms with Gasteiger partial charge in [-0.15, -0.1) is 0 Å². The maximum atomic E-state index is 12.4. The fourth-order valence-electron chi connectivity index (χ4n) is 2.44. The van der Waals surface area contributed by atoms with Gasteiger partial charge in [-0.1, -0.05) is 24.3 Å². The Morgan fingerprint density at radius 2 is 0.769 bits per heavy atom. The van der Waals surface area contributed by atoms with Crippen LogP contribution >= 0.6 is 0 Å². The summed E-state index contributed by atoms with van der Waals surface area (Å²) in [5.74, 6) is -2.17. The van der Waals surface area contributed by atoms with Crippen molar-refractivity contribution in [3.63, 3.8) is 0 Å². The molecule has 0 atom stereocenters. The molecule has 0 spiro atoms. The lowest BCUT2D eigenvalue weighted by Gasteiger charge is -2.06. The Hall–Kier alpha value is -3.80. The summed E-state index contributed by atoms with van der Waals surface area (Å²) in [5, 5.41) is 37.6. The van der Waals surface area contributed by atoms with Gasteiger partial charge >= 0.3 is 0 Å². The van der Waals surface area contributed by atoms with Crippen molar-refractivity contribution in [1.82, 2.24) is 0 Å². The third-order valence-electron chi connectivity index (χ3n) is 3.88. The first-order valence-electron chi connectivity index (χ1n) is 7.60. The van der Waals surface area contributed by atoms with Crippen molar-refractivity contribution in [2.24, 2.45) is 0 Å². The highest BCUT2D eigenvalue weighted by Crippen LogP contribution is 2.27. The first-order valence-corrected chi connectivity index (χ1v) is 7.60. The SMILES string of the molecule is O=C(c1ccc(C(=O)c2ccc(O)c(O)c2)cc1)c1ccc(O)c(O)c1. The van der Waals surface area contributed by atoms with E-state index in [0.717, 1.165) is 12.1 Å². The minimum Gasteiger partial charge on any atom is -0.504 e. The van der Waals surface area contributed by atoms with Gasteiger partial charge in [0.2, 0.25) is 0 Å². The molecule has 0 fully saturated rings. The Morgan fingerprint density at radius 1 is 0.462 bits per heavy atom. The highest BCUT2D eigenvalue weighted by molar-refractivity contribution is 6.12. The van der Waals surface area contributed by atoms with Crippen molar-refractivity contribution in [1.29, 1.82) is 0 Å². The summed E-state index contributed by atoms with van der Waals surface area (Å²) >= 11 is 0. The minimum absolute atomic E-state index is 0.197. The number of benzene rings is 3. The van der Waals surface area contributed by atoms with Gasteiger partial charge in [-0.25, -0.2) is 0 Å². The van der Waals surface area contributed by atoms with Crippen LogP contribution in [0.25, 0.3) is 0 Å². The molecule has 0 aromatic heterocycles. The lowest BCUT2D eigenvalue weighted by Crippen LogP contribution is -2.04. The Bertz CT molecular complexity index is 923. The summed E-state index contributed by atoms with van der Waals surface area (Å²) in [6, 6.07) is 13.4. The molecule has 0 unspecified atom stereocenters. The third-order valence-corrected chi connectivity index (χ3v) is 3.88. The summed E-state index contributed by atoms with van der Waals surface area (Å²) in [5.41, 5.74) is 1.01. The molecule has 0 amide bonds. The number of phenols is 4. The number of ketones is 2. The van der Waals surface area contributed by atoms with Crippen molar-refractivity contribution in [2.75, 3.05) is 0 Å². The van der Waals surface area contributed by atoms with Gasteiger partial charge in [-0.05, 0) is 36.4 Å². The largest absolute Gasteiger partial charge is 0.504 e. The van der Waals surface area contributed by atoms with Gasteiger partial charge in [0.05, 0.1) is 0 Å². The zero-order valence-electron chi connectivity index (χ0n) is 13.4. The lowest BCUT2D eigenvalue weighted by molar-refractivity contribution is 0.102. The molecule has 3 aromatic carbocycles. The Morgan fingerprint density at radius 3 is 1.08 bits per heavy atom. The molecule has 130 valence electrons. The molecular formula is C20H14O6. The highest BCUT2D eigenvalue weighted by Gasteiger charge is 2.14. The van der Waals surface area contributed by atoms with E-state index in [2.05, 4.69) is 0 Å². The quantitative estimate of drug-likeness (QED) is 0.425. The van der Waals surface area contributed by atoms with Crippen molar-refractivity contribution in [2.45, 2.75) is 0 Å². The molecule has 3 aromatic rings. The normalized spacial score (nSPS) is 10.5. The van der Waals surface area contributed by atoms with E-state index in [9.17, 15) is 30.0 Å². The first-order chi connectivity index (χ1) is 12.4. The molecule has 0 aliphatic carbocycles. The monoisotopic (exact) mass is 350 g/mol. The van der Waals surface area contributed by atoms with Crippen LogP contribution < -0.4 is 0 Å². The van der Waals surface area contributed by atoms with Crippen LogP contribution in [0, 0.1) is 0 Å². The van der Waals surface area contributed by atoms with E-state index in [1.54, 1.807) is 0 Å². The van der Waals surface area contributed by atoms with E-state index in [1.807, 2.05) is 0 Å². The molecule has 0 aliphatic heterocycles. The molecule has 0 heterocycles. The molecule has 3 rings (SSSR count). The van der Waals surface area contributed by atoms with Crippen molar-refractivity contribution >= 4 is 11.6 Å². The van der Waals surface area contributed by atoms with Crippen LogP contribution in [0.5, 0.6) is 23.0 Å². The van der Waals surface area contributed by atoms with E-state index in [0.29, 0.717) is 11.1 Å². The average molecular weight is 350 g/mol. The molecule has 4 N–H and O–H groups in total.